The van der Waals surface area contributed by atoms with E-state index in [0.717, 1.165) is 0 Å². The third-order valence-electron chi connectivity index (χ3n) is 1.61. The van der Waals surface area contributed by atoms with Gasteiger partial charge >= 0.3 is 12.3 Å². The van der Waals surface area contributed by atoms with Gasteiger partial charge < -0.3 is 9.84 Å². The molecule has 1 rings (SSSR count). The molecule has 0 radical (unpaired) electrons. The van der Waals surface area contributed by atoms with E-state index in [4.69, 9.17) is 5.11 Å². The van der Waals surface area contributed by atoms with Gasteiger partial charge in [0.15, 0.2) is 5.69 Å². The zero-order valence-electron chi connectivity index (χ0n) is 7.89. The molecule has 4 nitrogen and oxygen atoms in total. The molecule has 1 N–H and O–H groups in total. The van der Waals surface area contributed by atoms with Crippen molar-refractivity contribution in [2.75, 3.05) is 0 Å². The number of halogens is 5. The van der Waals surface area contributed by atoms with Crippen LogP contribution in [-0.4, -0.2) is 22.4 Å². The number of hydrogen-bond acceptors (Lipinski definition) is 3. The molecule has 0 amide bonds. The number of aromatic carboxylic acids is 1. The Morgan fingerprint density at radius 1 is 1.47 bits per heavy atom. The van der Waals surface area contributed by atoms with Crippen molar-refractivity contribution >= 4 is 5.97 Å². The first kappa shape index (κ1) is 13.1. The molecule has 0 atom stereocenters. The van der Waals surface area contributed by atoms with Crippen molar-refractivity contribution < 1.29 is 36.6 Å². The highest BCUT2D eigenvalue weighted by Crippen LogP contribution is 2.29. The van der Waals surface area contributed by atoms with Crippen molar-refractivity contribution in [3.63, 3.8) is 0 Å². The molecule has 0 aromatic carbocycles. The summed E-state index contributed by atoms with van der Waals surface area (Å²) in [5, 5.41) is 8.51. The summed E-state index contributed by atoms with van der Waals surface area (Å²) in [6.07, 6.45) is -5.19. The number of carboxylic acid groups (broad SMARTS) is 1. The maximum absolute atomic E-state index is 12.7. The van der Waals surface area contributed by atoms with Crippen molar-refractivity contribution in [2.24, 2.45) is 0 Å². The predicted octanol–water partition coefficient (Wildman–Crippen LogP) is 2.29. The molecule has 0 bridgehead atoms. The molecule has 1 aromatic rings. The van der Waals surface area contributed by atoms with Crippen LogP contribution in [0.5, 0.6) is 5.75 Å². The number of pyridine rings is 1. The Labute approximate surface area is 90.6 Å². The number of carboxylic acids is 1. The molecule has 94 valence electrons. The number of alkyl halides is 4. The molecular formula is C8H4F5NO3. The maximum Gasteiger partial charge on any atom is 0.573 e. The van der Waals surface area contributed by atoms with Gasteiger partial charge in [0.25, 0.3) is 0 Å². The summed E-state index contributed by atoms with van der Waals surface area (Å²) in [4.78, 5) is 13.3. The van der Waals surface area contributed by atoms with Crippen LogP contribution in [0.15, 0.2) is 6.07 Å². The zero-order chi connectivity index (χ0) is 13.2. The first-order valence-electron chi connectivity index (χ1n) is 3.99. The van der Waals surface area contributed by atoms with Gasteiger partial charge in [0.05, 0.1) is 5.56 Å². The Hall–Kier alpha value is -1.93. The largest absolute Gasteiger partial charge is 0.573 e. The number of nitrogens with zero attached hydrogens (tertiary/aromatic N) is 1. The van der Waals surface area contributed by atoms with Gasteiger partial charge in [-0.1, -0.05) is 0 Å². The van der Waals surface area contributed by atoms with Crippen molar-refractivity contribution in [2.45, 2.75) is 13.0 Å². The molecule has 0 fully saturated rings. The van der Waals surface area contributed by atoms with Crippen molar-refractivity contribution in [1.29, 1.82) is 0 Å². The topological polar surface area (TPSA) is 59.4 Å². The summed E-state index contributed by atoms with van der Waals surface area (Å²) in [6, 6.07) is 0.162. The Morgan fingerprint density at radius 2 is 2.06 bits per heavy atom. The van der Waals surface area contributed by atoms with E-state index in [0.29, 0.717) is 0 Å². The highest BCUT2D eigenvalue weighted by atomic mass is 19.4. The summed E-state index contributed by atoms with van der Waals surface area (Å²) in [5.74, 6) is -4.63. The SMILES string of the molecule is O=C(O)c1nc(F)cc(OC(F)(F)F)c1CF. The monoisotopic (exact) mass is 257 g/mol. The van der Waals surface area contributed by atoms with Gasteiger partial charge in [0.2, 0.25) is 5.95 Å². The summed E-state index contributed by atoms with van der Waals surface area (Å²) < 4.78 is 64.1. The van der Waals surface area contributed by atoms with E-state index < -0.39 is 42.0 Å². The lowest BCUT2D eigenvalue weighted by Gasteiger charge is -2.12. The lowest BCUT2D eigenvalue weighted by Crippen LogP contribution is -2.20. The maximum atomic E-state index is 12.7. The van der Waals surface area contributed by atoms with Crippen LogP contribution in [0.3, 0.4) is 0 Å². The van der Waals surface area contributed by atoms with Crippen LogP contribution in [0, 0.1) is 5.95 Å². The Kier molecular flexibility index (Phi) is 3.49. The Morgan fingerprint density at radius 3 is 2.47 bits per heavy atom. The van der Waals surface area contributed by atoms with Crippen molar-refractivity contribution in [3.8, 4) is 5.75 Å². The van der Waals surface area contributed by atoms with Gasteiger partial charge in [-0.15, -0.1) is 13.2 Å². The van der Waals surface area contributed by atoms with Gasteiger partial charge in [0.1, 0.15) is 12.4 Å². The minimum Gasteiger partial charge on any atom is -0.476 e. The van der Waals surface area contributed by atoms with E-state index in [2.05, 4.69) is 9.72 Å². The minimum atomic E-state index is -5.19. The molecule has 0 aliphatic rings. The lowest BCUT2D eigenvalue weighted by molar-refractivity contribution is -0.275. The Balaban J connectivity index is 3.33. The second kappa shape index (κ2) is 4.52. The molecule has 0 saturated carbocycles. The van der Waals surface area contributed by atoms with Gasteiger partial charge in [-0.2, -0.15) is 4.39 Å². The molecular weight excluding hydrogens is 253 g/mol. The zero-order valence-corrected chi connectivity index (χ0v) is 7.89. The smallest absolute Gasteiger partial charge is 0.476 e. The van der Waals surface area contributed by atoms with Gasteiger partial charge in [-0.3, -0.25) is 0 Å². The number of aromatic nitrogens is 1. The summed E-state index contributed by atoms with van der Waals surface area (Å²) in [6.45, 7) is -1.58. The molecule has 0 spiro atoms. The standard InChI is InChI=1S/C8H4F5NO3/c9-2-3-4(17-8(11,12)13)1-5(10)14-6(3)7(15)16/h1H,2H2,(H,15,16). The first-order valence-corrected chi connectivity index (χ1v) is 3.99. The van der Waals surface area contributed by atoms with Crippen molar-refractivity contribution in [1.82, 2.24) is 4.98 Å². The normalized spacial score (nSPS) is 11.4. The van der Waals surface area contributed by atoms with E-state index in [9.17, 15) is 26.7 Å². The van der Waals surface area contributed by atoms with Crippen LogP contribution in [0.25, 0.3) is 0 Å². The quantitative estimate of drug-likeness (QED) is 0.666. The van der Waals surface area contributed by atoms with Gasteiger partial charge in [-0.05, 0) is 0 Å². The fourth-order valence-corrected chi connectivity index (χ4v) is 1.04. The molecule has 1 heterocycles. The average Bonchev–Trinajstić information content (AvgIpc) is 2.14. The number of carbonyl (C=O) groups is 1. The first-order chi connectivity index (χ1) is 7.74. The van der Waals surface area contributed by atoms with Crippen LogP contribution in [-0.2, 0) is 6.67 Å². The highest BCUT2D eigenvalue weighted by molar-refractivity contribution is 5.87. The third-order valence-corrected chi connectivity index (χ3v) is 1.61. The van der Waals surface area contributed by atoms with Crippen LogP contribution in [0.4, 0.5) is 22.0 Å². The number of hydrogen-bond donors (Lipinski definition) is 1. The molecule has 0 aliphatic heterocycles. The summed E-state index contributed by atoms with van der Waals surface area (Å²) in [5.41, 5.74) is -2.14. The minimum absolute atomic E-state index is 0.162. The fourth-order valence-electron chi connectivity index (χ4n) is 1.04. The lowest BCUT2D eigenvalue weighted by atomic mass is 10.2. The molecule has 17 heavy (non-hydrogen) atoms. The predicted molar refractivity (Wildman–Crippen MR) is 42.6 cm³/mol. The van der Waals surface area contributed by atoms with E-state index in [1.165, 1.54) is 0 Å². The van der Waals surface area contributed by atoms with Crippen LogP contribution in [0.2, 0.25) is 0 Å². The van der Waals surface area contributed by atoms with E-state index >= 15 is 0 Å². The molecule has 0 saturated heterocycles. The molecule has 9 heteroatoms. The van der Waals surface area contributed by atoms with Crippen LogP contribution >= 0.6 is 0 Å². The van der Waals surface area contributed by atoms with E-state index in [1.807, 2.05) is 0 Å². The van der Waals surface area contributed by atoms with Gasteiger partial charge in [0, 0.05) is 6.07 Å². The second-order valence-corrected chi connectivity index (χ2v) is 2.76. The van der Waals surface area contributed by atoms with Crippen molar-refractivity contribution in [3.05, 3.63) is 23.3 Å². The average molecular weight is 257 g/mol. The summed E-state index contributed by atoms with van der Waals surface area (Å²) in [7, 11) is 0. The van der Waals surface area contributed by atoms with Crippen LogP contribution < -0.4 is 4.74 Å². The fraction of sp³-hybridized carbons (Fsp3) is 0.250. The highest BCUT2D eigenvalue weighted by Gasteiger charge is 2.33. The number of ether oxygens (including phenoxy) is 1. The third kappa shape index (κ3) is 3.26. The second-order valence-electron chi connectivity index (χ2n) is 2.76. The van der Waals surface area contributed by atoms with Crippen LogP contribution in [0.1, 0.15) is 16.1 Å². The van der Waals surface area contributed by atoms with Gasteiger partial charge in [-0.25, -0.2) is 14.2 Å². The number of rotatable bonds is 3. The molecule has 1 aromatic heterocycles. The Bertz CT molecular complexity index is 446. The van der Waals surface area contributed by atoms with E-state index in [1.54, 1.807) is 0 Å². The summed E-state index contributed by atoms with van der Waals surface area (Å²) >= 11 is 0. The van der Waals surface area contributed by atoms with E-state index in [-0.39, 0.29) is 6.07 Å². The molecule has 0 aliphatic carbocycles. The molecule has 0 unspecified atom stereocenters.